The molecule has 1 saturated carbocycles. The molecule has 0 aliphatic heterocycles. The fourth-order valence-electron chi connectivity index (χ4n) is 5.38. The topological polar surface area (TPSA) is 86.8 Å². The molecule has 0 saturated heterocycles. The first kappa shape index (κ1) is 34.6. The molecular weight excluding hydrogens is 650 g/mol. The van der Waals surface area contributed by atoms with E-state index in [4.69, 9.17) is 23.2 Å². The number of nitrogens with one attached hydrogen (secondary N) is 1. The lowest BCUT2D eigenvalue weighted by molar-refractivity contribution is -0.140. The van der Waals surface area contributed by atoms with Crippen molar-refractivity contribution in [2.24, 2.45) is 0 Å². The molecule has 0 unspecified atom stereocenters. The Morgan fingerprint density at radius 2 is 1.64 bits per heavy atom. The lowest BCUT2D eigenvalue weighted by atomic mass is 9.95. The van der Waals surface area contributed by atoms with Crippen LogP contribution in [0.3, 0.4) is 0 Å². The van der Waals surface area contributed by atoms with Crippen molar-refractivity contribution < 1.29 is 31.2 Å². The monoisotopic (exact) mass is 683 g/mol. The van der Waals surface area contributed by atoms with Gasteiger partial charge in [0.2, 0.25) is 11.8 Å². The normalized spacial score (nSPS) is 14.9. The number of carbonyl (C=O) groups excluding carboxylic acids is 2. The quantitative estimate of drug-likeness (QED) is 0.227. The minimum Gasteiger partial charge on any atom is -0.352 e. The van der Waals surface area contributed by atoms with Crippen molar-refractivity contribution in [3.63, 3.8) is 0 Å². The highest BCUT2D eigenvalue weighted by Crippen LogP contribution is 2.34. The van der Waals surface area contributed by atoms with Gasteiger partial charge in [0.25, 0.3) is 10.0 Å². The van der Waals surface area contributed by atoms with Crippen LogP contribution in [0.2, 0.25) is 10.0 Å². The molecule has 1 aliphatic carbocycles. The van der Waals surface area contributed by atoms with E-state index in [0.29, 0.717) is 21.0 Å². The Morgan fingerprint density at radius 3 is 2.27 bits per heavy atom. The molecule has 1 N–H and O–H groups in total. The van der Waals surface area contributed by atoms with Crippen molar-refractivity contribution in [2.45, 2.75) is 75.1 Å². The Labute approximate surface area is 271 Å². The number of rotatable bonds is 11. The van der Waals surface area contributed by atoms with Gasteiger partial charge in [-0.1, -0.05) is 79.7 Å². The number of hydrogen-bond acceptors (Lipinski definition) is 4. The molecule has 0 spiro atoms. The summed E-state index contributed by atoms with van der Waals surface area (Å²) in [4.78, 5) is 28.9. The van der Waals surface area contributed by atoms with Crippen LogP contribution >= 0.6 is 23.2 Å². The van der Waals surface area contributed by atoms with Crippen molar-refractivity contribution in [1.82, 2.24) is 10.2 Å². The van der Waals surface area contributed by atoms with E-state index in [-0.39, 0.29) is 34.6 Å². The van der Waals surface area contributed by atoms with Crippen molar-refractivity contribution in [1.29, 1.82) is 0 Å². The van der Waals surface area contributed by atoms with Gasteiger partial charge in [0.05, 0.1) is 16.1 Å². The standard InChI is InChI=1S/C32H34Cl2F3N3O4S/c1-2-29(31(42)38-25-11-5-3-6-12-25)39(20-22-16-17-24(33)19-28(22)34)30(41)21-40(45(43,44)27-14-7-4-8-15-27)26-13-9-10-23(18-26)32(35,36)37/h4,7-10,13-19,25,29H,2-3,5-6,11-12,20-21H2,1H3,(H,38,42)/t29-/m0/s1. The molecule has 0 radical (unpaired) electrons. The summed E-state index contributed by atoms with van der Waals surface area (Å²) in [7, 11) is -4.53. The lowest BCUT2D eigenvalue weighted by Crippen LogP contribution is -2.54. The summed E-state index contributed by atoms with van der Waals surface area (Å²) in [6.07, 6.45) is 0.0385. The van der Waals surface area contributed by atoms with E-state index in [1.54, 1.807) is 25.1 Å². The first-order valence-electron chi connectivity index (χ1n) is 14.6. The highest BCUT2D eigenvalue weighted by Gasteiger charge is 2.36. The van der Waals surface area contributed by atoms with Gasteiger partial charge < -0.3 is 10.2 Å². The van der Waals surface area contributed by atoms with Crippen LogP contribution in [-0.2, 0) is 32.3 Å². The summed E-state index contributed by atoms with van der Waals surface area (Å²) in [5, 5.41) is 3.62. The number of anilines is 1. The molecule has 2 amide bonds. The molecule has 0 aromatic heterocycles. The van der Waals surface area contributed by atoms with Crippen LogP contribution in [0.25, 0.3) is 0 Å². The van der Waals surface area contributed by atoms with E-state index >= 15 is 0 Å². The summed E-state index contributed by atoms with van der Waals surface area (Å²) in [5.41, 5.74) is -0.982. The van der Waals surface area contributed by atoms with Gasteiger partial charge in [0.15, 0.2) is 0 Å². The Balaban J connectivity index is 1.76. The maximum Gasteiger partial charge on any atom is 0.416 e. The maximum absolute atomic E-state index is 14.2. The summed E-state index contributed by atoms with van der Waals surface area (Å²) < 4.78 is 69.5. The van der Waals surface area contributed by atoms with E-state index in [1.807, 2.05) is 0 Å². The van der Waals surface area contributed by atoms with Crippen molar-refractivity contribution in [3.8, 4) is 0 Å². The number of hydrogen-bond donors (Lipinski definition) is 1. The highest BCUT2D eigenvalue weighted by atomic mass is 35.5. The zero-order valence-electron chi connectivity index (χ0n) is 24.6. The molecule has 4 rings (SSSR count). The minimum atomic E-state index is -4.76. The predicted molar refractivity (Wildman–Crippen MR) is 169 cm³/mol. The molecule has 13 heteroatoms. The molecule has 0 heterocycles. The summed E-state index contributed by atoms with van der Waals surface area (Å²) in [6.45, 7) is 0.671. The van der Waals surface area contributed by atoms with Crippen LogP contribution in [0.15, 0.2) is 77.7 Å². The van der Waals surface area contributed by atoms with Gasteiger partial charge in [0.1, 0.15) is 12.6 Å². The highest BCUT2D eigenvalue weighted by molar-refractivity contribution is 7.92. The number of halogens is 5. The Bertz CT molecular complexity index is 1600. The van der Waals surface area contributed by atoms with E-state index in [1.165, 1.54) is 41.3 Å². The molecular formula is C32H34Cl2F3N3O4S. The van der Waals surface area contributed by atoms with Gasteiger partial charge in [-0.3, -0.25) is 13.9 Å². The third kappa shape index (κ3) is 8.71. The van der Waals surface area contributed by atoms with Crippen LogP contribution in [0.5, 0.6) is 0 Å². The average molecular weight is 685 g/mol. The summed E-state index contributed by atoms with van der Waals surface area (Å²) >= 11 is 12.5. The second-order valence-electron chi connectivity index (χ2n) is 10.9. The number of nitrogens with zero attached hydrogens (tertiary/aromatic N) is 2. The van der Waals surface area contributed by atoms with E-state index in [0.717, 1.165) is 44.2 Å². The fourth-order valence-corrected chi connectivity index (χ4v) is 7.28. The Hall–Kier alpha value is -3.28. The largest absolute Gasteiger partial charge is 0.416 e. The number of amides is 2. The van der Waals surface area contributed by atoms with Gasteiger partial charge in [-0.05, 0) is 67.3 Å². The summed E-state index contributed by atoms with van der Waals surface area (Å²) in [6, 6.07) is 14.5. The van der Waals surface area contributed by atoms with E-state index in [2.05, 4.69) is 5.32 Å². The second-order valence-corrected chi connectivity index (χ2v) is 13.6. The van der Waals surface area contributed by atoms with Crippen molar-refractivity contribution >= 4 is 50.7 Å². The van der Waals surface area contributed by atoms with Gasteiger partial charge in [0, 0.05) is 22.6 Å². The second kappa shape index (κ2) is 14.9. The van der Waals surface area contributed by atoms with E-state index in [9.17, 15) is 31.2 Å². The molecule has 3 aromatic rings. The van der Waals surface area contributed by atoms with Crippen LogP contribution in [0.1, 0.15) is 56.6 Å². The molecule has 1 atom stereocenters. The number of alkyl halides is 3. The number of benzene rings is 3. The average Bonchev–Trinajstić information content (AvgIpc) is 3.01. The molecule has 3 aromatic carbocycles. The predicted octanol–water partition coefficient (Wildman–Crippen LogP) is 7.46. The Morgan fingerprint density at radius 1 is 0.956 bits per heavy atom. The summed E-state index contributed by atoms with van der Waals surface area (Å²) in [5.74, 6) is -1.21. The van der Waals surface area contributed by atoms with E-state index < -0.39 is 46.2 Å². The third-order valence-corrected chi connectivity index (χ3v) is 10.1. The lowest BCUT2D eigenvalue weighted by Gasteiger charge is -2.34. The van der Waals surface area contributed by atoms with Crippen LogP contribution in [-0.4, -0.2) is 43.8 Å². The number of sulfonamides is 1. The molecule has 1 aliphatic rings. The van der Waals surface area contributed by atoms with Gasteiger partial charge >= 0.3 is 6.18 Å². The third-order valence-electron chi connectivity index (χ3n) is 7.76. The molecule has 0 bridgehead atoms. The van der Waals surface area contributed by atoms with Crippen molar-refractivity contribution in [3.05, 3.63) is 94.0 Å². The minimum absolute atomic E-state index is 0.0589. The molecule has 7 nitrogen and oxygen atoms in total. The first-order chi connectivity index (χ1) is 21.3. The Kier molecular flexibility index (Phi) is 11.4. The molecule has 45 heavy (non-hydrogen) atoms. The zero-order valence-corrected chi connectivity index (χ0v) is 26.9. The van der Waals surface area contributed by atoms with Gasteiger partial charge in [-0.25, -0.2) is 8.42 Å². The molecule has 1 fully saturated rings. The SMILES string of the molecule is CC[C@@H](C(=O)NC1CCCCC1)N(Cc1ccc(Cl)cc1Cl)C(=O)CN(c1cccc(C(F)(F)F)c1)S(=O)(=O)c1ccccc1. The number of carbonyl (C=O) groups is 2. The molecule has 242 valence electrons. The van der Waals surface area contributed by atoms with Gasteiger partial charge in [-0.15, -0.1) is 0 Å². The fraction of sp³-hybridized carbons (Fsp3) is 0.375. The van der Waals surface area contributed by atoms with Crippen LogP contribution in [0, 0.1) is 0 Å². The van der Waals surface area contributed by atoms with Gasteiger partial charge in [-0.2, -0.15) is 13.2 Å². The van der Waals surface area contributed by atoms with Crippen molar-refractivity contribution in [2.75, 3.05) is 10.8 Å². The van der Waals surface area contributed by atoms with Crippen LogP contribution < -0.4 is 9.62 Å². The first-order valence-corrected chi connectivity index (χ1v) is 16.8. The zero-order chi connectivity index (χ0) is 32.8. The van der Waals surface area contributed by atoms with Crippen LogP contribution in [0.4, 0.5) is 18.9 Å². The maximum atomic E-state index is 14.2. The smallest absolute Gasteiger partial charge is 0.352 e.